The molecule has 3 aromatic carbocycles. The fraction of sp³-hybridized carbons (Fsp3) is 0.281. The molecule has 0 fully saturated rings. The van der Waals surface area contributed by atoms with E-state index in [9.17, 15) is 14.7 Å². The first-order valence-corrected chi connectivity index (χ1v) is 14.9. The first-order valence-electron chi connectivity index (χ1n) is 14.1. The van der Waals surface area contributed by atoms with Gasteiger partial charge in [-0.1, -0.05) is 47.5 Å². The third-order valence-electron chi connectivity index (χ3n) is 6.69. The maximum Gasteiger partial charge on any atom is 0.337 e. The molecule has 0 spiro atoms. The Morgan fingerprint density at radius 2 is 1.83 bits per heavy atom. The number of nitrogens with one attached hydrogen (secondary N) is 3. The summed E-state index contributed by atoms with van der Waals surface area (Å²) in [6, 6.07) is 14.4. The molecule has 0 saturated heterocycles. The van der Waals surface area contributed by atoms with Crippen molar-refractivity contribution >= 4 is 41.4 Å². The van der Waals surface area contributed by atoms with E-state index in [1.165, 1.54) is 20.4 Å². The highest BCUT2D eigenvalue weighted by Gasteiger charge is 2.32. The number of esters is 1. The predicted octanol–water partition coefficient (Wildman–Crippen LogP) is 5.10. The number of carbonyl (C=O) groups is 2. The molecule has 0 aliphatic carbocycles. The fourth-order valence-corrected chi connectivity index (χ4v) is 5.00. The van der Waals surface area contributed by atoms with E-state index in [1.54, 1.807) is 50.2 Å². The lowest BCUT2D eigenvalue weighted by Gasteiger charge is -2.28. The van der Waals surface area contributed by atoms with E-state index >= 15 is 0 Å². The third kappa shape index (κ3) is 8.53. The van der Waals surface area contributed by atoms with Gasteiger partial charge in [0.15, 0.2) is 29.2 Å². The van der Waals surface area contributed by atoms with Crippen molar-refractivity contribution in [3.63, 3.8) is 0 Å². The average Bonchev–Trinajstić information content (AvgIpc) is 3.03. The Balaban J connectivity index is 1.39. The number of amides is 2. The van der Waals surface area contributed by atoms with Crippen molar-refractivity contribution in [3.8, 4) is 23.0 Å². The normalized spacial score (nSPS) is 15.1. The molecule has 2 amide bonds. The summed E-state index contributed by atoms with van der Waals surface area (Å²) in [6.45, 7) is 3.75. The van der Waals surface area contributed by atoms with E-state index in [0.29, 0.717) is 56.5 Å². The minimum Gasteiger partial charge on any atom is -0.493 e. The smallest absolute Gasteiger partial charge is 0.337 e. The summed E-state index contributed by atoms with van der Waals surface area (Å²) >= 11 is 12.7. The van der Waals surface area contributed by atoms with Crippen molar-refractivity contribution in [1.29, 1.82) is 0 Å². The molecule has 0 bridgehead atoms. The van der Waals surface area contributed by atoms with Gasteiger partial charge < -0.3 is 39.4 Å². The molecule has 46 heavy (non-hydrogen) atoms. The summed E-state index contributed by atoms with van der Waals surface area (Å²) in [5, 5.41) is 20.7. The minimum atomic E-state index is -1.19. The number of rotatable bonds is 14. The van der Waals surface area contributed by atoms with Crippen LogP contribution < -0.4 is 35.0 Å². The van der Waals surface area contributed by atoms with Crippen LogP contribution in [0.2, 0.25) is 10.0 Å². The number of allylic oxidation sites excluding steroid dienone is 1. The van der Waals surface area contributed by atoms with Crippen molar-refractivity contribution in [1.82, 2.24) is 16.1 Å². The summed E-state index contributed by atoms with van der Waals surface area (Å²) in [6.07, 6.45) is 0.263. The maximum absolute atomic E-state index is 12.5. The number of hydrogen-bond acceptors (Lipinski definition) is 10. The molecule has 0 saturated carbocycles. The predicted molar refractivity (Wildman–Crippen MR) is 173 cm³/mol. The Morgan fingerprint density at radius 1 is 1.04 bits per heavy atom. The number of halogens is 2. The number of nitrogens with zero attached hydrogens (tertiary/aromatic N) is 1. The Hall–Kier alpha value is -4.65. The molecule has 1 aliphatic heterocycles. The van der Waals surface area contributed by atoms with Crippen molar-refractivity contribution in [3.05, 3.63) is 92.6 Å². The van der Waals surface area contributed by atoms with Gasteiger partial charge in [0.1, 0.15) is 13.2 Å². The quantitative estimate of drug-likeness (QED) is 0.0794. The van der Waals surface area contributed by atoms with Gasteiger partial charge in [-0.15, -0.1) is 0 Å². The summed E-state index contributed by atoms with van der Waals surface area (Å²) < 4.78 is 27.8. The van der Waals surface area contributed by atoms with Gasteiger partial charge in [0.25, 0.3) is 0 Å². The van der Waals surface area contributed by atoms with Crippen LogP contribution in [0.15, 0.2) is 71.0 Å². The highest BCUT2D eigenvalue weighted by Crippen LogP contribution is 2.37. The molecule has 0 radical (unpaired) electrons. The number of aliphatic hydroxyl groups is 1. The fourth-order valence-electron chi connectivity index (χ4n) is 4.54. The van der Waals surface area contributed by atoms with Gasteiger partial charge in [-0.05, 0) is 55.3 Å². The van der Waals surface area contributed by atoms with Crippen LogP contribution >= 0.6 is 23.2 Å². The summed E-state index contributed by atoms with van der Waals surface area (Å²) in [5.41, 5.74) is 5.19. The van der Waals surface area contributed by atoms with Crippen LogP contribution in [-0.4, -0.2) is 57.0 Å². The van der Waals surface area contributed by atoms with Crippen molar-refractivity contribution in [2.75, 3.05) is 27.4 Å². The van der Waals surface area contributed by atoms with E-state index < -0.39 is 24.3 Å². The van der Waals surface area contributed by atoms with Crippen molar-refractivity contribution < 1.29 is 38.4 Å². The molecule has 0 aromatic heterocycles. The summed E-state index contributed by atoms with van der Waals surface area (Å²) in [7, 11) is 2.76. The number of aliphatic hydroxyl groups excluding tert-OH is 1. The number of hydrogen-bond donors (Lipinski definition) is 4. The van der Waals surface area contributed by atoms with Gasteiger partial charge in [0.2, 0.25) is 0 Å². The lowest BCUT2D eigenvalue weighted by Crippen LogP contribution is -2.45. The van der Waals surface area contributed by atoms with E-state index in [1.807, 2.05) is 18.2 Å². The number of carbonyl (C=O) groups excluding carboxylic acids is 2. The van der Waals surface area contributed by atoms with Crippen LogP contribution in [0, 0.1) is 0 Å². The van der Waals surface area contributed by atoms with Crippen LogP contribution in [0.5, 0.6) is 23.0 Å². The molecule has 1 heterocycles. The molecule has 0 unspecified atom stereocenters. The van der Waals surface area contributed by atoms with Crippen LogP contribution in [0.25, 0.3) is 0 Å². The summed E-state index contributed by atoms with van der Waals surface area (Å²) in [5.74, 6) is 0.851. The first kappa shape index (κ1) is 34.2. The van der Waals surface area contributed by atoms with E-state index in [0.717, 1.165) is 5.56 Å². The zero-order chi connectivity index (χ0) is 33.2. The zero-order valence-electron chi connectivity index (χ0n) is 25.6. The number of hydrazone groups is 1. The molecule has 14 heteroatoms. The first-order chi connectivity index (χ1) is 22.1. The molecule has 4 rings (SSSR count). The van der Waals surface area contributed by atoms with E-state index in [-0.39, 0.29) is 18.8 Å². The SMILES string of the molecule is CCOc1cc([C@H]2NC(=O)NC(C)=C2C(=O)OC)ccc1OC[C@@H](O)N/N=C\c1cc(Cl)c(OCc2ccccc2Cl)c(OC)c1. The Kier molecular flexibility index (Phi) is 12.0. The molecular formula is C32H34Cl2N4O8. The molecular weight excluding hydrogens is 639 g/mol. The van der Waals surface area contributed by atoms with Gasteiger partial charge in [-0.3, -0.25) is 5.43 Å². The summed E-state index contributed by atoms with van der Waals surface area (Å²) in [4.78, 5) is 24.6. The number of urea groups is 1. The standard InChI is InChI=1S/C32H34Cl2N4O8/c1-5-44-25-14-20(29-28(31(40)43-4)18(2)36-32(41)37-29)10-11-24(25)45-17-27(39)38-35-15-19-12-23(34)30(26(13-19)42-3)46-16-21-8-6-7-9-22(21)33/h6-15,27,29,38-39H,5,16-17H2,1-4H3,(H2,36,37,41)/b35-15-/t27-,29-/m1/s1. The Labute approximate surface area is 276 Å². The lowest BCUT2D eigenvalue weighted by atomic mass is 9.95. The average molecular weight is 674 g/mol. The van der Waals surface area contributed by atoms with Crippen molar-refractivity contribution in [2.24, 2.45) is 5.10 Å². The molecule has 4 N–H and O–H groups in total. The van der Waals surface area contributed by atoms with Crippen molar-refractivity contribution in [2.45, 2.75) is 32.7 Å². The van der Waals surface area contributed by atoms with E-state index in [4.69, 9.17) is 46.9 Å². The number of methoxy groups -OCH3 is 2. The lowest BCUT2D eigenvalue weighted by molar-refractivity contribution is -0.136. The highest BCUT2D eigenvalue weighted by molar-refractivity contribution is 6.32. The van der Waals surface area contributed by atoms with E-state index in [2.05, 4.69) is 21.2 Å². The van der Waals surface area contributed by atoms with Crippen LogP contribution in [0.1, 0.15) is 36.6 Å². The van der Waals surface area contributed by atoms with Gasteiger partial charge in [-0.25, -0.2) is 9.59 Å². The third-order valence-corrected chi connectivity index (χ3v) is 7.34. The van der Waals surface area contributed by atoms with Gasteiger partial charge >= 0.3 is 12.0 Å². The molecule has 3 aromatic rings. The van der Waals surface area contributed by atoms with Crippen LogP contribution in [-0.2, 0) is 16.1 Å². The maximum atomic E-state index is 12.5. The van der Waals surface area contributed by atoms with Crippen LogP contribution in [0.3, 0.4) is 0 Å². The molecule has 1 aliphatic rings. The zero-order valence-corrected chi connectivity index (χ0v) is 27.1. The van der Waals surface area contributed by atoms with Gasteiger partial charge in [-0.2, -0.15) is 5.10 Å². The number of ether oxygens (including phenoxy) is 5. The van der Waals surface area contributed by atoms with Gasteiger partial charge in [0.05, 0.1) is 43.7 Å². The largest absolute Gasteiger partial charge is 0.493 e. The molecule has 244 valence electrons. The minimum absolute atomic E-state index is 0.188. The highest BCUT2D eigenvalue weighted by atomic mass is 35.5. The second-order valence-electron chi connectivity index (χ2n) is 9.83. The number of benzene rings is 3. The monoisotopic (exact) mass is 672 g/mol. The Morgan fingerprint density at radius 3 is 2.54 bits per heavy atom. The second kappa shape index (κ2) is 16.1. The van der Waals surface area contributed by atoms with Crippen LogP contribution in [0.4, 0.5) is 4.79 Å². The molecule has 12 nitrogen and oxygen atoms in total. The molecule has 2 atom stereocenters. The second-order valence-corrected chi connectivity index (χ2v) is 10.6. The Bertz CT molecular complexity index is 1630. The van der Waals surface area contributed by atoms with Gasteiger partial charge in [0, 0.05) is 16.3 Å². The topological polar surface area (TPSA) is 149 Å².